The Hall–Kier alpha value is -5.35. The fraction of sp³-hybridized carbons (Fsp3) is 0.125. The molecule has 2 N–H and O–H groups in total. The van der Waals surface area contributed by atoms with Crippen molar-refractivity contribution in [3.05, 3.63) is 173 Å². The maximum absolute atomic E-state index is 14.5. The molecule has 0 bridgehead atoms. The van der Waals surface area contributed by atoms with Crippen LogP contribution in [0.3, 0.4) is 0 Å². The second-order valence-corrected chi connectivity index (χ2v) is 11.4. The van der Waals surface area contributed by atoms with Crippen molar-refractivity contribution in [1.29, 1.82) is 0 Å². The zero-order valence-corrected chi connectivity index (χ0v) is 24.7. The Bertz CT molecular complexity index is 1890. The van der Waals surface area contributed by atoms with Crippen LogP contribution in [-0.4, -0.2) is 17.9 Å². The minimum absolute atomic E-state index is 0.0842. The van der Waals surface area contributed by atoms with E-state index in [0.717, 1.165) is 51.3 Å². The molecular weight excluding hydrogens is 540 g/mol. The number of Topliss-reactive ketones (excluding diaryl/α,β-unsaturated/α-hetero) is 1. The Morgan fingerprint density at radius 3 is 1.93 bits per heavy atom. The molecule has 44 heavy (non-hydrogen) atoms. The van der Waals surface area contributed by atoms with E-state index in [2.05, 4.69) is 101 Å². The molecule has 0 saturated carbocycles. The summed E-state index contributed by atoms with van der Waals surface area (Å²) in [5, 5.41) is 4.75. The molecule has 216 valence electrons. The number of benzene rings is 5. The molecule has 0 radical (unpaired) electrons. The number of aromatic nitrogens is 1. The molecule has 0 fully saturated rings. The number of para-hydroxylation sites is 1. The first-order valence-corrected chi connectivity index (χ1v) is 15.1. The molecule has 1 aliphatic carbocycles. The van der Waals surface area contributed by atoms with Gasteiger partial charge in [-0.2, -0.15) is 0 Å². The van der Waals surface area contributed by atoms with Crippen LogP contribution in [0.2, 0.25) is 0 Å². The molecule has 7 rings (SSSR count). The van der Waals surface area contributed by atoms with Crippen LogP contribution < -0.4 is 10.1 Å². The second kappa shape index (κ2) is 12.1. The van der Waals surface area contributed by atoms with Crippen LogP contribution in [0.25, 0.3) is 16.5 Å². The molecule has 1 aliphatic rings. The molecule has 0 spiro atoms. The molecular formula is C40H34N2O2. The zero-order chi connectivity index (χ0) is 29.9. The van der Waals surface area contributed by atoms with E-state index in [1.807, 2.05) is 48.5 Å². The number of rotatable bonds is 8. The number of allylic oxidation sites excluding steroid dienone is 2. The van der Waals surface area contributed by atoms with Crippen molar-refractivity contribution in [1.82, 2.24) is 4.98 Å². The molecule has 5 aromatic carbocycles. The Kier molecular flexibility index (Phi) is 7.56. The van der Waals surface area contributed by atoms with E-state index in [9.17, 15) is 4.79 Å². The second-order valence-electron chi connectivity index (χ2n) is 11.4. The first kappa shape index (κ1) is 27.5. The summed E-state index contributed by atoms with van der Waals surface area (Å²) in [6.45, 7) is 0. The largest absolute Gasteiger partial charge is 0.497 e. The predicted octanol–water partition coefficient (Wildman–Crippen LogP) is 9.33. The van der Waals surface area contributed by atoms with Crippen LogP contribution in [0.4, 0.5) is 5.69 Å². The van der Waals surface area contributed by atoms with Gasteiger partial charge in [-0.3, -0.25) is 4.79 Å². The lowest BCUT2D eigenvalue weighted by atomic mass is 9.77. The minimum Gasteiger partial charge on any atom is -0.497 e. The van der Waals surface area contributed by atoms with E-state index in [0.29, 0.717) is 6.42 Å². The van der Waals surface area contributed by atoms with Crippen molar-refractivity contribution in [3.63, 3.8) is 0 Å². The van der Waals surface area contributed by atoms with Gasteiger partial charge in [-0.1, -0.05) is 109 Å². The van der Waals surface area contributed by atoms with Gasteiger partial charge < -0.3 is 15.0 Å². The maximum atomic E-state index is 14.5. The Morgan fingerprint density at radius 1 is 0.705 bits per heavy atom. The van der Waals surface area contributed by atoms with Gasteiger partial charge in [-0.25, -0.2) is 0 Å². The van der Waals surface area contributed by atoms with Crippen LogP contribution in [-0.2, 0) is 4.79 Å². The molecule has 0 aliphatic heterocycles. The van der Waals surface area contributed by atoms with Crippen LogP contribution in [0, 0.1) is 0 Å². The first-order chi connectivity index (χ1) is 21.7. The zero-order valence-electron chi connectivity index (χ0n) is 24.7. The minimum atomic E-state index is -0.0887. The third-order valence-electron chi connectivity index (χ3n) is 8.66. The van der Waals surface area contributed by atoms with E-state index < -0.39 is 0 Å². The van der Waals surface area contributed by atoms with Gasteiger partial charge in [0.1, 0.15) is 5.75 Å². The molecule has 1 aromatic heterocycles. The summed E-state index contributed by atoms with van der Waals surface area (Å²) in [6.07, 6.45) is 1.17. The van der Waals surface area contributed by atoms with Crippen LogP contribution in [0.15, 0.2) is 145 Å². The van der Waals surface area contributed by atoms with Crippen molar-refractivity contribution in [2.75, 3.05) is 12.4 Å². The normalized spacial score (nSPS) is 15.1. The van der Waals surface area contributed by atoms with Gasteiger partial charge in [0.05, 0.1) is 7.11 Å². The van der Waals surface area contributed by atoms with Crippen LogP contribution in [0.5, 0.6) is 5.75 Å². The quantitative estimate of drug-likeness (QED) is 0.190. The van der Waals surface area contributed by atoms with Gasteiger partial charge in [-0.15, -0.1) is 0 Å². The highest BCUT2D eigenvalue weighted by Gasteiger charge is 2.34. The van der Waals surface area contributed by atoms with Gasteiger partial charge in [0.2, 0.25) is 0 Å². The summed E-state index contributed by atoms with van der Waals surface area (Å²) < 4.78 is 5.41. The highest BCUT2D eigenvalue weighted by Crippen LogP contribution is 2.45. The number of H-pyrrole nitrogens is 1. The molecule has 1 heterocycles. The topological polar surface area (TPSA) is 54.1 Å². The van der Waals surface area contributed by atoms with Crippen molar-refractivity contribution < 1.29 is 9.53 Å². The first-order valence-electron chi connectivity index (χ1n) is 15.1. The van der Waals surface area contributed by atoms with E-state index >= 15 is 0 Å². The number of ether oxygens (including phenoxy) is 1. The van der Waals surface area contributed by atoms with Crippen molar-refractivity contribution in [3.8, 4) is 5.75 Å². The Balaban J connectivity index is 1.47. The molecule has 4 heteroatoms. The number of carbonyl (C=O) groups is 1. The van der Waals surface area contributed by atoms with Crippen LogP contribution in [0.1, 0.15) is 52.6 Å². The lowest BCUT2D eigenvalue weighted by Gasteiger charge is -2.29. The van der Waals surface area contributed by atoms with Gasteiger partial charge in [0.15, 0.2) is 5.78 Å². The third kappa shape index (κ3) is 5.31. The van der Waals surface area contributed by atoms with Gasteiger partial charge in [0, 0.05) is 51.5 Å². The SMILES string of the molecule is COc1ccc(NC2=C(c3c(C(c4ccccc4)c4ccccc4)[nH]c4ccccc34)C(=O)CC(c3ccccc3)C2)cc1. The van der Waals surface area contributed by atoms with E-state index in [1.54, 1.807) is 7.11 Å². The molecule has 4 nitrogen and oxygen atoms in total. The summed E-state index contributed by atoms with van der Waals surface area (Å²) in [5.74, 6) is 0.932. The molecule has 0 amide bonds. The van der Waals surface area contributed by atoms with Gasteiger partial charge in [-0.05, 0) is 59.4 Å². The number of nitrogens with one attached hydrogen (secondary N) is 2. The number of methoxy groups -OCH3 is 1. The summed E-state index contributed by atoms with van der Waals surface area (Å²) in [5.41, 5.74) is 9.16. The summed E-state index contributed by atoms with van der Waals surface area (Å²) in [4.78, 5) is 18.3. The fourth-order valence-corrected chi connectivity index (χ4v) is 6.59. The maximum Gasteiger partial charge on any atom is 0.165 e. The van der Waals surface area contributed by atoms with E-state index in [4.69, 9.17) is 4.74 Å². The molecule has 0 saturated heterocycles. The van der Waals surface area contributed by atoms with E-state index in [1.165, 1.54) is 16.7 Å². The highest BCUT2D eigenvalue weighted by atomic mass is 16.5. The Labute approximate surface area is 258 Å². The number of hydrogen-bond donors (Lipinski definition) is 2. The fourth-order valence-electron chi connectivity index (χ4n) is 6.59. The standard InChI is InChI=1S/C40H34N2O2/c1-44-32-23-21-31(22-24-32)41-35-25-30(27-13-5-2-6-14-27)26-36(43)39(35)38-33-19-11-12-20-34(33)42-40(38)37(28-15-7-3-8-16-28)29-17-9-4-10-18-29/h2-24,30,37,41-42H,25-26H2,1H3. The highest BCUT2D eigenvalue weighted by molar-refractivity contribution is 6.26. The number of anilines is 1. The summed E-state index contributed by atoms with van der Waals surface area (Å²) in [7, 11) is 1.67. The number of carbonyl (C=O) groups excluding carboxylic acids is 1. The molecule has 6 aromatic rings. The molecule has 1 atom stereocenters. The number of ketones is 1. The Morgan fingerprint density at radius 2 is 1.30 bits per heavy atom. The predicted molar refractivity (Wildman–Crippen MR) is 179 cm³/mol. The van der Waals surface area contributed by atoms with Gasteiger partial charge in [0.25, 0.3) is 0 Å². The van der Waals surface area contributed by atoms with Crippen molar-refractivity contribution in [2.24, 2.45) is 0 Å². The van der Waals surface area contributed by atoms with Crippen molar-refractivity contribution >= 4 is 27.9 Å². The monoisotopic (exact) mass is 574 g/mol. The van der Waals surface area contributed by atoms with Crippen LogP contribution >= 0.6 is 0 Å². The summed E-state index contributed by atoms with van der Waals surface area (Å²) >= 11 is 0. The van der Waals surface area contributed by atoms with Crippen molar-refractivity contribution in [2.45, 2.75) is 24.7 Å². The number of hydrogen-bond acceptors (Lipinski definition) is 3. The lowest BCUT2D eigenvalue weighted by molar-refractivity contribution is -0.114. The summed E-state index contributed by atoms with van der Waals surface area (Å²) in [6, 6.07) is 47.8. The smallest absolute Gasteiger partial charge is 0.165 e. The molecule has 1 unspecified atom stereocenters. The lowest BCUT2D eigenvalue weighted by Crippen LogP contribution is -2.22. The number of fused-ring (bicyclic) bond motifs is 1. The third-order valence-corrected chi connectivity index (χ3v) is 8.66. The van der Waals surface area contributed by atoms with Gasteiger partial charge >= 0.3 is 0 Å². The number of aromatic amines is 1. The average Bonchev–Trinajstić information content (AvgIpc) is 3.45. The van der Waals surface area contributed by atoms with E-state index in [-0.39, 0.29) is 17.6 Å². The average molecular weight is 575 g/mol.